The summed E-state index contributed by atoms with van der Waals surface area (Å²) in [6.45, 7) is 8.14. The Kier molecular flexibility index (Phi) is 3.43. The summed E-state index contributed by atoms with van der Waals surface area (Å²) in [5.41, 5.74) is 2.05. The van der Waals surface area contributed by atoms with Crippen LogP contribution < -0.4 is 5.01 Å². The summed E-state index contributed by atoms with van der Waals surface area (Å²) in [6, 6.07) is 6.13. The largest absolute Gasteiger partial charge is 0.311 e. The maximum Gasteiger partial charge on any atom is 0.159 e. The molecular weight excluding hydrogens is 230 g/mol. The summed E-state index contributed by atoms with van der Waals surface area (Å²) >= 11 is 5.51. The van der Waals surface area contributed by atoms with Crippen LogP contribution in [0.1, 0.15) is 19.4 Å². The molecule has 2 heterocycles. The van der Waals surface area contributed by atoms with E-state index in [1.807, 2.05) is 12.3 Å². The smallest absolute Gasteiger partial charge is 0.159 e. The molecule has 0 fully saturated rings. The lowest BCUT2D eigenvalue weighted by molar-refractivity contribution is 0.622. The molecule has 4 heteroatoms. The first-order valence-corrected chi connectivity index (χ1v) is 6.32. The van der Waals surface area contributed by atoms with Crippen LogP contribution in [0.25, 0.3) is 11.0 Å². The molecule has 0 N–H and O–H groups in total. The number of hydrogen-bond donors (Lipinski definition) is 0. The first-order valence-electron chi connectivity index (χ1n) is 5.91. The van der Waals surface area contributed by atoms with Gasteiger partial charge in [-0.15, -0.1) is 0 Å². The summed E-state index contributed by atoms with van der Waals surface area (Å²) < 4.78 is 2.90. The molecule has 0 unspecified atom stereocenters. The van der Waals surface area contributed by atoms with Gasteiger partial charge in [0.2, 0.25) is 0 Å². The lowest BCUT2D eigenvalue weighted by atomic mass is 10.2. The Hall–Kier alpha value is -1.42. The Labute approximate surface area is 107 Å². The molecular formula is C13H17N3S. The topological polar surface area (TPSA) is 21.1 Å². The average molecular weight is 247 g/mol. The highest BCUT2D eigenvalue weighted by Crippen LogP contribution is 2.16. The summed E-state index contributed by atoms with van der Waals surface area (Å²) in [5, 5.41) is 3.33. The summed E-state index contributed by atoms with van der Waals surface area (Å²) in [6.07, 6.45) is 1.81. The van der Waals surface area contributed by atoms with Gasteiger partial charge in [0.15, 0.2) is 5.65 Å². The van der Waals surface area contributed by atoms with E-state index in [1.54, 1.807) is 0 Å². The lowest BCUT2D eigenvalue weighted by Gasteiger charge is -2.26. The van der Waals surface area contributed by atoms with Gasteiger partial charge < -0.3 is 5.01 Å². The Morgan fingerprint density at radius 1 is 1.35 bits per heavy atom. The van der Waals surface area contributed by atoms with Crippen molar-refractivity contribution in [3.8, 4) is 0 Å². The minimum Gasteiger partial charge on any atom is -0.311 e. The molecule has 2 aromatic rings. The van der Waals surface area contributed by atoms with Crippen molar-refractivity contribution in [3.63, 3.8) is 0 Å². The van der Waals surface area contributed by atoms with Gasteiger partial charge in [-0.25, -0.2) is 9.66 Å². The summed E-state index contributed by atoms with van der Waals surface area (Å²) in [4.78, 5) is 4.45. The number of nitrogens with zero attached hydrogens (tertiary/aromatic N) is 3. The highest BCUT2D eigenvalue weighted by molar-refractivity contribution is 7.71. The molecule has 17 heavy (non-hydrogen) atoms. The van der Waals surface area contributed by atoms with Gasteiger partial charge in [0, 0.05) is 24.7 Å². The van der Waals surface area contributed by atoms with Crippen molar-refractivity contribution in [1.29, 1.82) is 0 Å². The van der Waals surface area contributed by atoms with E-state index in [1.165, 1.54) is 0 Å². The van der Waals surface area contributed by atoms with Crippen molar-refractivity contribution in [3.05, 3.63) is 34.6 Å². The van der Waals surface area contributed by atoms with E-state index in [2.05, 4.69) is 47.6 Å². The second-order valence-corrected chi connectivity index (χ2v) is 4.39. The molecule has 90 valence electrons. The molecule has 0 aliphatic carbocycles. The van der Waals surface area contributed by atoms with Gasteiger partial charge in [0.25, 0.3) is 0 Å². The van der Waals surface area contributed by atoms with Gasteiger partial charge >= 0.3 is 0 Å². The van der Waals surface area contributed by atoms with Crippen LogP contribution >= 0.6 is 12.2 Å². The number of fused-ring (bicyclic) bond motifs is 1. The quantitative estimate of drug-likeness (QED) is 0.778. The molecule has 0 aliphatic heterocycles. The van der Waals surface area contributed by atoms with Crippen molar-refractivity contribution in [2.24, 2.45) is 0 Å². The molecule has 0 radical (unpaired) electrons. The molecule has 0 spiro atoms. The maximum absolute atomic E-state index is 5.51. The van der Waals surface area contributed by atoms with Crippen molar-refractivity contribution in [2.75, 3.05) is 18.1 Å². The second kappa shape index (κ2) is 4.84. The maximum atomic E-state index is 5.51. The molecule has 0 saturated carbocycles. The monoisotopic (exact) mass is 247 g/mol. The molecule has 0 bridgehead atoms. The molecule has 2 aromatic heterocycles. The highest BCUT2D eigenvalue weighted by atomic mass is 32.1. The van der Waals surface area contributed by atoms with E-state index < -0.39 is 0 Å². The minimum absolute atomic E-state index is 0.847. The zero-order valence-electron chi connectivity index (χ0n) is 10.5. The Morgan fingerprint density at radius 3 is 2.71 bits per heavy atom. The van der Waals surface area contributed by atoms with Gasteiger partial charge in [-0.3, -0.25) is 0 Å². The predicted molar refractivity (Wildman–Crippen MR) is 74.6 cm³/mol. The van der Waals surface area contributed by atoms with Gasteiger partial charge in [-0.05, 0) is 44.5 Å². The normalized spacial score (nSPS) is 10.8. The fourth-order valence-electron chi connectivity index (χ4n) is 2.03. The van der Waals surface area contributed by atoms with Gasteiger partial charge in [0.1, 0.15) is 4.64 Å². The van der Waals surface area contributed by atoms with Crippen LogP contribution in [0.2, 0.25) is 0 Å². The van der Waals surface area contributed by atoms with E-state index in [-0.39, 0.29) is 0 Å². The Bertz CT molecular complexity index is 585. The Morgan fingerprint density at radius 2 is 2.06 bits per heavy atom. The number of rotatable bonds is 3. The fourth-order valence-corrected chi connectivity index (χ4v) is 2.29. The van der Waals surface area contributed by atoms with Gasteiger partial charge in [-0.2, -0.15) is 0 Å². The predicted octanol–water partition coefficient (Wildman–Crippen LogP) is 3.05. The third-order valence-electron chi connectivity index (χ3n) is 2.93. The van der Waals surface area contributed by atoms with Crippen LogP contribution in [0.4, 0.5) is 0 Å². The van der Waals surface area contributed by atoms with Crippen molar-refractivity contribution in [1.82, 2.24) is 9.66 Å². The number of pyridine rings is 2. The van der Waals surface area contributed by atoms with Crippen LogP contribution in [0.3, 0.4) is 0 Å². The van der Waals surface area contributed by atoms with Gasteiger partial charge in [0.05, 0.1) is 0 Å². The van der Waals surface area contributed by atoms with E-state index in [0.29, 0.717) is 0 Å². The van der Waals surface area contributed by atoms with Crippen LogP contribution in [-0.2, 0) is 0 Å². The van der Waals surface area contributed by atoms with Crippen LogP contribution in [0.15, 0.2) is 24.4 Å². The van der Waals surface area contributed by atoms with Gasteiger partial charge in [-0.1, -0.05) is 12.2 Å². The van der Waals surface area contributed by atoms with E-state index in [9.17, 15) is 0 Å². The summed E-state index contributed by atoms with van der Waals surface area (Å²) in [5.74, 6) is 0. The third-order valence-corrected chi connectivity index (χ3v) is 3.43. The van der Waals surface area contributed by atoms with E-state index in [0.717, 1.165) is 34.3 Å². The molecule has 3 nitrogen and oxygen atoms in total. The molecule has 0 saturated heterocycles. The van der Waals surface area contributed by atoms with Crippen LogP contribution in [0, 0.1) is 11.6 Å². The summed E-state index contributed by atoms with van der Waals surface area (Å²) in [7, 11) is 0. The molecule has 2 rings (SSSR count). The first kappa shape index (κ1) is 12.0. The number of hydrogen-bond acceptors (Lipinski definition) is 3. The second-order valence-electron chi connectivity index (χ2n) is 4.00. The molecule has 0 aromatic carbocycles. The van der Waals surface area contributed by atoms with Crippen LogP contribution in [-0.4, -0.2) is 22.7 Å². The number of aromatic nitrogens is 2. The first-order chi connectivity index (χ1) is 8.19. The zero-order chi connectivity index (χ0) is 12.4. The van der Waals surface area contributed by atoms with E-state index in [4.69, 9.17) is 12.2 Å². The molecule has 0 atom stereocenters. The van der Waals surface area contributed by atoms with Crippen LogP contribution in [0.5, 0.6) is 0 Å². The molecule has 0 aliphatic rings. The minimum atomic E-state index is 0.847. The average Bonchev–Trinajstić information content (AvgIpc) is 2.35. The third kappa shape index (κ3) is 2.05. The van der Waals surface area contributed by atoms with Crippen molar-refractivity contribution < 1.29 is 0 Å². The number of aryl methyl sites for hydroxylation is 1. The highest BCUT2D eigenvalue weighted by Gasteiger charge is 2.08. The van der Waals surface area contributed by atoms with E-state index >= 15 is 0 Å². The fraction of sp³-hybridized carbons (Fsp3) is 0.385. The standard InChI is InChI=1S/C13H17N3S/c1-4-15(5-2)16-12-11(7-6-8-14-12)9-10(3)13(16)17/h6-9H,4-5H2,1-3H3. The molecule has 0 amide bonds. The zero-order valence-corrected chi connectivity index (χ0v) is 11.3. The van der Waals surface area contributed by atoms with Crippen molar-refractivity contribution >= 4 is 23.3 Å². The van der Waals surface area contributed by atoms with Crippen molar-refractivity contribution in [2.45, 2.75) is 20.8 Å². The Balaban J connectivity index is 2.83. The SMILES string of the molecule is CCN(CC)n1c(=S)c(C)cc2cccnc21. The lowest BCUT2D eigenvalue weighted by Crippen LogP contribution is -2.35.